The summed E-state index contributed by atoms with van der Waals surface area (Å²) in [7, 11) is 2.16. The standard InChI is InChI=1S/C20H21BN3/c1-15-7-5-11-18-19(15)20-22(2)13-14-23(20)21-12-6-9-16-8-3-4-10-17(16)24(18)21/h3-5,7-8,10-11,13-14H,6,9,12H2,1-2H3/q+1. The molecular weight excluding hydrogens is 293 g/mol. The molecular formula is C20H21BN3+. The first-order valence-electron chi connectivity index (χ1n) is 8.79. The maximum absolute atomic E-state index is 2.57. The summed E-state index contributed by atoms with van der Waals surface area (Å²) in [6.07, 6.45) is 7.99. The van der Waals surface area contributed by atoms with Crippen molar-refractivity contribution in [3.05, 3.63) is 66.0 Å². The lowest BCUT2D eigenvalue weighted by Gasteiger charge is -2.34. The van der Waals surface area contributed by atoms with Gasteiger partial charge in [0.15, 0.2) is 0 Å². The number of hydrogen-bond acceptors (Lipinski definition) is 1. The highest BCUT2D eigenvalue weighted by Crippen LogP contribution is 2.42. The van der Waals surface area contributed by atoms with Crippen molar-refractivity contribution in [2.24, 2.45) is 7.05 Å². The number of anilines is 2. The van der Waals surface area contributed by atoms with Crippen LogP contribution in [-0.4, -0.2) is 11.5 Å². The number of imidazole rings is 1. The Morgan fingerprint density at radius 2 is 1.88 bits per heavy atom. The maximum atomic E-state index is 2.57. The van der Waals surface area contributed by atoms with Crippen LogP contribution in [0.5, 0.6) is 0 Å². The molecule has 5 rings (SSSR count). The summed E-state index contributed by atoms with van der Waals surface area (Å²) in [5.74, 6) is 1.32. The van der Waals surface area contributed by atoms with Gasteiger partial charge in [0.25, 0.3) is 5.82 Å². The lowest BCUT2D eigenvalue weighted by Crippen LogP contribution is -2.63. The zero-order valence-corrected chi connectivity index (χ0v) is 14.2. The summed E-state index contributed by atoms with van der Waals surface area (Å²) in [5, 5.41) is 0. The minimum atomic E-state index is 0.360. The predicted octanol–water partition coefficient (Wildman–Crippen LogP) is 3.72. The summed E-state index contributed by atoms with van der Waals surface area (Å²) in [5.41, 5.74) is 6.87. The number of fused-ring (bicyclic) bond motifs is 8. The van der Waals surface area contributed by atoms with Gasteiger partial charge in [0.05, 0.1) is 12.6 Å². The SMILES string of the molecule is Cc1cccc2c1-c1n(C)cc[n+]1B1CCCc3ccccc3N12. The Bertz CT molecular complexity index is 944. The first kappa shape index (κ1) is 13.9. The summed E-state index contributed by atoms with van der Waals surface area (Å²) in [4.78, 5) is 2.57. The van der Waals surface area contributed by atoms with Crippen molar-refractivity contribution in [1.82, 2.24) is 4.57 Å². The third-order valence-electron chi connectivity index (χ3n) is 5.54. The van der Waals surface area contributed by atoms with Gasteiger partial charge in [-0.05, 0) is 49.3 Å². The molecule has 0 amide bonds. The maximum Gasteiger partial charge on any atom is 0.505 e. The largest absolute Gasteiger partial charge is 0.505 e. The first-order chi connectivity index (χ1) is 11.8. The van der Waals surface area contributed by atoms with E-state index in [0.29, 0.717) is 6.98 Å². The highest BCUT2D eigenvalue weighted by Gasteiger charge is 2.45. The van der Waals surface area contributed by atoms with E-state index >= 15 is 0 Å². The van der Waals surface area contributed by atoms with Crippen LogP contribution in [-0.2, 0) is 13.5 Å². The Morgan fingerprint density at radius 3 is 2.79 bits per heavy atom. The van der Waals surface area contributed by atoms with Gasteiger partial charge in [0.2, 0.25) is 0 Å². The van der Waals surface area contributed by atoms with E-state index in [9.17, 15) is 0 Å². The lowest BCUT2D eigenvalue weighted by molar-refractivity contribution is -0.526. The molecule has 0 fully saturated rings. The van der Waals surface area contributed by atoms with Crippen molar-refractivity contribution in [2.75, 3.05) is 4.81 Å². The van der Waals surface area contributed by atoms with Crippen molar-refractivity contribution >= 4 is 18.4 Å². The van der Waals surface area contributed by atoms with E-state index in [-0.39, 0.29) is 0 Å². The molecule has 0 aliphatic carbocycles. The van der Waals surface area contributed by atoms with Gasteiger partial charge in [0, 0.05) is 11.4 Å². The van der Waals surface area contributed by atoms with E-state index in [1.807, 2.05) is 0 Å². The number of benzene rings is 2. The summed E-state index contributed by atoms with van der Waals surface area (Å²) >= 11 is 0. The minimum Gasteiger partial charge on any atom is -0.343 e. The normalized spacial score (nSPS) is 15.2. The van der Waals surface area contributed by atoms with Crippen LogP contribution in [0.1, 0.15) is 17.5 Å². The lowest BCUT2D eigenvalue weighted by atomic mass is 9.66. The Morgan fingerprint density at radius 1 is 1.04 bits per heavy atom. The fourth-order valence-electron chi connectivity index (χ4n) is 4.46. The van der Waals surface area contributed by atoms with Crippen molar-refractivity contribution in [3.8, 4) is 11.4 Å². The van der Waals surface area contributed by atoms with Crippen molar-refractivity contribution in [1.29, 1.82) is 0 Å². The second-order valence-electron chi connectivity index (χ2n) is 6.98. The zero-order valence-electron chi connectivity index (χ0n) is 14.2. The molecule has 24 heavy (non-hydrogen) atoms. The van der Waals surface area contributed by atoms with Gasteiger partial charge >= 0.3 is 6.98 Å². The molecule has 0 saturated carbocycles. The molecule has 3 aromatic rings. The number of aryl methyl sites for hydroxylation is 3. The van der Waals surface area contributed by atoms with Crippen LogP contribution >= 0.6 is 0 Å². The number of nitrogens with zero attached hydrogens (tertiary/aromatic N) is 3. The third kappa shape index (κ3) is 1.77. The van der Waals surface area contributed by atoms with Crippen LogP contribution in [0, 0.1) is 6.92 Å². The molecule has 0 saturated heterocycles. The molecule has 118 valence electrons. The van der Waals surface area contributed by atoms with Crippen molar-refractivity contribution in [2.45, 2.75) is 26.1 Å². The summed E-state index contributed by atoms with van der Waals surface area (Å²) in [6, 6.07) is 15.6. The molecule has 2 aliphatic heterocycles. The molecule has 0 bridgehead atoms. The van der Waals surface area contributed by atoms with Crippen LogP contribution in [0.3, 0.4) is 0 Å². The van der Waals surface area contributed by atoms with Gasteiger partial charge in [-0.2, -0.15) is 0 Å². The third-order valence-corrected chi connectivity index (χ3v) is 5.54. The van der Waals surface area contributed by atoms with Gasteiger partial charge < -0.3 is 4.81 Å². The van der Waals surface area contributed by atoms with Gasteiger partial charge in [-0.3, -0.25) is 4.48 Å². The smallest absolute Gasteiger partial charge is 0.343 e. The van der Waals surface area contributed by atoms with Gasteiger partial charge in [-0.15, -0.1) is 0 Å². The number of aromatic nitrogens is 2. The Hall–Kier alpha value is -2.49. The van der Waals surface area contributed by atoms with E-state index < -0.39 is 0 Å². The number of hydrogen-bond donors (Lipinski definition) is 0. The highest BCUT2D eigenvalue weighted by molar-refractivity contribution is 6.58. The van der Waals surface area contributed by atoms with E-state index in [1.54, 1.807) is 0 Å². The highest BCUT2D eigenvalue weighted by atomic mass is 15.2. The van der Waals surface area contributed by atoms with Crippen molar-refractivity contribution < 1.29 is 4.48 Å². The monoisotopic (exact) mass is 314 g/mol. The van der Waals surface area contributed by atoms with Gasteiger partial charge in [0.1, 0.15) is 12.4 Å². The fraction of sp³-hybridized carbons (Fsp3) is 0.250. The molecule has 0 atom stereocenters. The second-order valence-corrected chi connectivity index (χ2v) is 6.98. The van der Waals surface area contributed by atoms with Crippen LogP contribution in [0.2, 0.25) is 6.32 Å². The molecule has 3 heterocycles. The molecule has 3 nitrogen and oxygen atoms in total. The van der Waals surface area contributed by atoms with Gasteiger partial charge in [-0.25, -0.2) is 4.57 Å². The fourth-order valence-corrected chi connectivity index (χ4v) is 4.46. The minimum absolute atomic E-state index is 0.360. The Kier molecular flexibility index (Phi) is 2.90. The molecule has 0 spiro atoms. The van der Waals surface area contributed by atoms with Crippen molar-refractivity contribution in [3.63, 3.8) is 0 Å². The van der Waals surface area contributed by atoms with E-state index in [0.717, 1.165) is 6.42 Å². The molecule has 0 unspecified atom stereocenters. The summed E-state index contributed by atoms with van der Waals surface area (Å²) < 4.78 is 4.73. The summed E-state index contributed by atoms with van der Waals surface area (Å²) in [6.45, 7) is 2.58. The second kappa shape index (κ2) is 5.00. The average molecular weight is 314 g/mol. The van der Waals surface area contributed by atoms with E-state index in [4.69, 9.17) is 0 Å². The predicted molar refractivity (Wildman–Crippen MR) is 98.6 cm³/mol. The molecule has 2 aromatic carbocycles. The van der Waals surface area contributed by atoms with Crippen LogP contribution < -0.4 is 9.29 Å². The van der Waals surface area contributed by atoms with E-state index in [2.05, 4.69) is 82.7 Å². The first-order valence-corrected chi connectivity index (χ1v) is 8.79. The average Bonchev–Trinajstić information content (AvgIpc) is 2.87. The Labute approximate surface area is 143 Å². The molecule has 1 aromatic heterocycles. The molecule has 0 radical (unpaired) electrons. The van der Waals surface area contributed by atoms with Crippen LogP contribution in [0.15, 0.2) is 54.9 Å². The zero-order chi connectivity index (χ0) is 16.3. The Balaban J connectivity index is 1.86. The molecule has 0 N–H and O–H groups in total. The quantitative estimate of drug-likeness (QED) is 0.576. The van der Waals surface area contributed by atoms with Crippen LogP contribution in [0.4, 0.5) is 11.4 Å². The molecule has 4 heteroatoms. The van der Waals surface area contributed by atoms with Crippen LogP contribution in [0.25, 0.3) is 11.4 Å². The number of rotatable bonds is 0. The van der Waals surface area contributed by atoms with E-state index in [1.165, 1.54) is 46.6 Å². The van der Waals surface area contributed by atoms with Gasteiger partial charge in [-0.1, -0.05) is 30.3 Å². The topological polar surface area (TPSA) is 12.0 Å². The number of para-hydroxylation sites is 1. The molecule has 2 aliphatic rings.